The number of rotatable bonds is 2. The Labute approximate surface area is 63.6 Å². The van der Waals surface area contributed by atoms with Gasteiger partial charge in [0.15, 0.2) is 0 Å². The predicted octanol–water partition coefficient (Wildman–Crippen LogP) is 2.43. The van der Waals surface area contributed by atoms with Gasteiger partial charge in [0.25, 0.3) is 0 Å². The highest BCUT2D eigenvalue weighted by Gasteiger charge is 1.84. The molecule has 0 radical (unpaired) electrons. The van der Waals surface area contributed by atoms with Crippen LogP contribution < -0.4 is 0 Å². The molecular weight excluding hydrogens is 180 g/mol. The summed E-state index contributed by atoms with van der Waals surface area (Å²) < 4.78 is 0.937. The van der Waals surface area contributed by atoms with Crippen molar-refractivity contribution in [2.75, 3.05) is 0 Å². The lowest BCUT2D eigenvalue weighted by molar-refractivity contribution is -0.104. The van der Waals surface area contributed by atoms with Crippen molar-refractivity contribution in [2.24, 2.45) is 0 Å². The van der Waals surface area contributed by atoms with E-state index < -0.39 is 0 Å². The normalized spacial score (nSPS) is 13.7. The molecule has 0 atom stereocenters. The Morgan fingerprint density at radius 2 is 2.11 bits per heavy atom. The Balaban J connectivity index is 4.11. The molecule has 50 valence electrons. The summed E-state index contributed by atoms with van der Waals surface area (Å²) in [6.45, 7) is 3.66. The van der Waals surface area contributed by atoms with Crippen LogP contribution in [0.25, 0.3) is 0 Å². The molecule has 0 amide bonds. The van der Waals surface area contributed by atoms with Crippen LogP contribution in [0.5, 0.6) is 0 Å². The second-order valence-corrected chi connectivity index (χ2v) is 2.60. The van der Waals surface area contributed by atoms with Gasteiger partial charge in [-0.2, -0.15) is 0 Å². The average Bonchev–Trinajstić information content (AvgIpc) is 1.87. The lowest BCUT2D eigenvalue weighted by Gasteiger charge is -1.85. The third-order valence-electron chi connectivity index (χ3n) is 0.827. The SMILES string of the molecule is C/C=C(Br)\C=C(/C)C=O. The van der Waals surface area contributed by atoms with Gasteiger partial charge in [-0.25, -0.2) is 0 Å². The maximum absolute atomic E-state index is 10.0. The van der Waals surface area contributed by atoms with E-state index in [9.17, 15) is 4.79 Å². The van der Waals surface area contributed by atoms with Crippen molar-refractivity contribution < 1.29 is 4.79 Å². The molecule has 0 bridgehead atoms. The van der Waals surface area contributed by atoms with E-state index in [0.717, 1.165) is 16.3 Å². The van der Waals surface area contributed by atoms with Crippen LogP contribution >= 0.6 is 15.9 Å². The highest BCUT2D eigenvalue weighted by molar-refractivity contribution is 9.11. The molecule has 0 spiro atoms. The maximum Gasteiger partial charge on any atom is 0.145 e. The van der Waals surface area contributed by atoms with Crippen LogP contribution in [0.3, 0.4) is 0 Å². The zero-order valence-electron chi connectivity index (χ0n) is 5.52. The summed E-state index contributed by atoms with van der Waals surface area (Å²) >= 11 is 3.24. The zero-order valence-corrected chi connectivity index (χ0v) is 7.10. The molecule has 0 fully saturated rings. The molecule has 0 aliphatic heterocycles. The van der Waals surface area contributed by atoms with E-state index in [4.69, 9.17) is 0 Å². The van der Waals surface area contributed by atoms with Gasteiger partial charge in [0.2, 0.25) is 0 Å². The lowest BCUT2D eigenvalue weighted by Crippen LogP contribution is -1.74. The van der Waals surface area contributed by atoms with E-state index in [2.05, 4.69) is 15.9 Å². The summed E-state index contributed by atoms with van der Waals surface area (Å²) in [5, 5.41) is 0. The van der Waals surface area contributed by atoms with Crippen molar-refractivity contribution in [1.82, 2.24) is 0 Å². The third-order valence-corrected chi connectivity index (χ3v) is 1.51. The number of allylic oxidation sites excluding steroid dienone is 4. The standard InChI is InChI=1S/C7H9BrO/c1-3-7(8)4-6(2)5-9/h3-5H,1-2H3/b6-4+,7-3+. The second-order valence-electron chi connectivity index (χ2n) is 1.68. The molecule has 0 unspecified atom stereocenters. The van der Waals surface area contributed by atoms with Gasteiger partial charge in [0.1, 0.15) is 6.29 Å². The topological polar surface area (TPSA) is 17.1 Å². The van der Waals surface area contributed by atoms with Gasteiger partial charge in [-0.3, -0.25) is 4.79 Å². The Morgan fingerprint density at radius 1 is 1.56 bits per heavy atom. The van der Waals surface area contributed by atoms with Crippen molar-refractivity contribution in [3.05, 3.63) is 22.2 Å². The van der Waals surface area contributed by atoms with Crippen molar-refractivity contribution in [3.63, 3.8) is 0 Å². The fourth-order valence-electron chi connectivity index (χ4n) is 0.335. The van der Waals surface area contributed by atoms with E-state index >= 15 is 0 Å². The summed E-state index contributed by atoms with van der Waals surface area (Å²) in [7, 11) is 0. The molecule has 2 heteroatoms. The lowest BCUT2D eigenvalue weighted by atomic mass is 10.3. The van der Waals surface area contributed by atoms with Gasteiger partial charge in [0, 0.05) is 4.48 Å². The molecule has 0 heterocycles. The summed E-state index contributed by atoms with van der Waals surface area (Å²) in [6, 6.07) is 0. The molecule has 0 N–H and O–H groups in total. The molecule has 0 aromatic carbocycles. The molecule has 0 saturated heterocycles. The second kappa shape index (κ2) is 4.50. The van der Waals surface area contributed by atoms with E-state index in [0.29, 0.717) is 0 Å². The van der Waals surface area contributed by atoms with Gasteiger partial charge < -0.3 is 0 Å². The van der Waals surface area contributed by atoms with Crippen LogP contribution in [0.1, 0.15) is 13.8 Å². The summed E-state index contributed by atoms with van der Waals surface area (Å²) in [5.74, 6) is 0. The van der Waals surface area contributed by atoms with Crippen molar-refractivity contribution in [2.45, 2.75) is 13.8 Å². The van der Waals surface area contributed by atoms with Gasteiger partial charge >= 0.3 is 0 Å². The van der Waals surface area contributed by atoms with Crippen LogP contribution in [0, 0.1) is 0 Å². The third kappa shape index (κ3) is 4.15. The minimum atomic E-state index is 0.722. The fourth-order valence-corrected chi connectivity index (χ4v) is 0.696. The highest BCUT2D eigenvalue weighted by Crippen LogP contribution is 2.07. The molecular formula is C7H9BrO. The minimum absolute atomic E-state index is 0.722. The summed E-state index contributed by atoms with van der Waals surface area (Å²) in [4.78, 5) is 10.0. The van der Waals surface area contributed by atoms with Crippen molar-refractivity contribution in [1.29, 1.82) is 0 Å². The molecule has 0 aliphatic rings. The Hall–Kier alpha value is -0.370. The Kier molecular flexibility index (Phi) is 4.32. The molecule has 0 rings (SSSR count). The summed E-state index contributed by atoms with van der Waals surface area (Å²) in [6.07, 6.45) is 4.48. The molecule has 0 aromatic heterocycles. The quantitative estimate of drug-likeness (QED) is 0.370. The van der Waals surface area contributed by atoms with E-state index in [1.54, 1.807) is 13.0 Å². The average molecular weight is 189 g/mol. The first-order valence-corrected chi connectivity index (χ1v) is 3.45. The van der Waals surface area contributed by atoms with E-state index in [1.807, 2.05) is 13.0 Å². The van der Waals surface area contributed by atoms with Crippen LogP contribution in [-0.4, -0.2) is 6.29 Å². The van der Waals surface area contributed by atoms with Crippen LogP contribution in [0.15, 0.2) is 22.2 Å². The van der Waals surface area contributed by atoms with Gasteiger partial charge in [-0.15, -0.1) is 0 Å². The van der Waals surface area contributed by atoms with Gasteiger partial charge in [0.05, 0.1) is 0 Å². The number of halogens is 1. The minimum Gasteiger partial charge on any atom is -0.298 e. The predicted molar refractivity (Wildman–Crippen MR) is 42.5 cm³/mol. The smallest absolute Gasteiger partial charge is 0.145 e. The van der Waals surface area contributed by atoms with Crippen LogP contribution in [0.4, 0.5) is 0 Å². The van der Waals surface area contributed by atoms with Gasteiger partial charge in [-0.05, 0) is 25.5 Å². The van der Waals surface area contributed by atoms with Crippen molar-refractivity contribution >= 4 is 22.2 Å². The molecule has 0 saturated carbocycles. The summed E-state index contributed by atoms with van der Waals surface area (Å²) in [5.41, 5.74) is 0.722. The Bertz CT molecular complexity index is 156. The molecule has 0 aromatic rings. The molecule has 9 heavy (non-hydrogen) atoms. The van der Waals surface area contributed by atoms with E-state index in [1.165, 1.54) is 0 Å². The van der Waals surface area contributed by atoms with Gasteiger partial charge in [-0.1, -0.05) is 22.0 Å². The maximum atomic E-state index is 10.0. The number of aldehydes is 1. The highest BCUT2D eigenvalue weighted by atomic mass is 79.9. The number of hydrogen-bond donors (Lipinski definition) is 0. The first kappa shape index (κ1) is 8.63. The number of carbonyl (C=O) groups is 1. The van der Waals surface area contributed by atoms with Crippen molar-refractivity contribution in [3.8, 4) is 0 Å². The Morgan fingerprint density at radius 3 is 2.44 bits per heavy atom. The van der Waals surface area contributed by atoms with E-state index in [-0.39, 0.29) is 0 Å². The molecule has 1 nitrogen and oxygen atoms in total. The first-order valence-electron chi connectivity index (χ1n) is 2.66. The van der Waals surface area contributed by atoms with Crippen LogP contribution in [-0.2, 0) is 4.79 Å². The largest absolute Gasteiger partial charge is 0.298 e. The number of hydrogen-bond acceptors (Lipinski definition) is 1. The monoisotopic (exact) mass is 188 g/mol. The molecule has 0 aliphatic carbocycles. The zero-order chi connectivity index (χ0) is 7.28. The van der Waals surface area contributed by atoms with Crippen LogP contribution in [0.2, 0.25) is 0 Å². The first-order chi connectivity index (χ1) is 4.20. The fraction of sp³-hybridized carbons (Fsp3) is 0.286. The number of carbonyl (C=O) groups excluding carboxylic acids is 1.